The molecule has 4 rings (SSSR count). The SMILES string of the molecule is Cc1ccc(Cc2nn3c(SCC(=O)Nc4cc(Cl)cc(Cl)c4)nnc3[nH]c2=O)cc1. The number of benzene rings is 2. The van der Waals surface area contributed by atoms with Gasteiger partial charge in [-0.25, -0.2) is 0 Å². The lowest BCUT2D eigenvalue weighted by molar-refractivity contribution is -0.113. The minimum Gasteiger partial charge on any atom is -0.325 e. The zero-order valence-electron chi connectivity index (χ0n) is 16.2. The van der Waals surface area contributed by atoms with Crippen LogP contribution in [0.2, 0.25) is 10.0 Å². The minimum absolute atomic E-state index is 0.0546. The molecule has 31 heavy (non-hydrogen) atoms. The number of nitrogens with one attached hydrogen (secondary N) is 2. The van der Waals surface area contributed by atoms with Crippen LogP contribution in [0.4, 0.5) is 5.69 Å². The number of fused-ring (bicyclic) bond motifs is 1. The van der Waals surface area contributed by atoms with Gasteiger partial charge >= 0.3 is 0 Å². The normalized spacial score (nSPS) is 11.1. The molecular weight excluding hydrogens is 459 g/mol. The molecule has 0 bridgehead atoms. The van der Waals surface area contributed by atoms with Gasteiger partial charge in [0, 0.05) is 22.2 Å². The molecule has 0 unspecified atom stereocenters. The number of amides is 1. The molecular formula is C20H16Cl2N6O2S. The zero-order valence-corrected chi connectivity index (χ0v) is 18.6. The van der Waals surface area contributed by atoms with Crippen LogP contribution < -0.4 is 10.9 Å². The van der Waals surface area contributed by atoms with E-state index < -0.39 is 0 Å². The van der Waals surface area contributed by atoms with Crippen molar-refractivity contribution in [1.82, 2.24) is 24.8 Å². The average Bonchev–Trinajstić information content (AvgIpc) is 3.09. The molecule has 2 aromatic carbocycles. The first kappa shape index (κ1) is 21.4. The summed E-state index contributed by atoms with van der Waals surface area (Å²) in [6.07, 6.45) is 0.365. The molecule has 0 atom stereocenters. The Morgan fingerprint density at radius 1 is 1.13 bits per heavy atom. The molecule has 4 aromatic rings. The molecule has 2 heterocycles. The molecule has 2 aromatic heterocycles. The highest BCUT2D eigenvalue weighted by atomic mass is 35.5. The highest BCUT2D eigenvalue weighted by molar-refractivity contribution is 7.99. The smallest absolute Gasteiger partial charge is 0.274 e. The number of nitrogens with zero attached hydrogens (tertiary/aromatic N) is 4. The Hall–Kier alpha value is -2.88. The third-order valence-corrected chi connectivity index (χ3v) is 5.65. The standard InChI is InChI=1S/C20H16Cl2N6O2S/c1-11-2-4-12(5-3-11)6-16-18(30)24-19-25-26-20(28(19)27-16)31-10-17(29)23-15-8-13(21)7-14(22)9-15/h2-5,7-9H,6,10H2,1H3,(H,23,29)(H,24,25,30). The van der Waals surface area contributed by atoms with Crippen molar-refractivity contribution < 1.29 is 4.79 Å². The number of rotatable bonds is 6. The Kier molecular flexibility index (Phi) is 6.26. The highest BCUT2D eigenvalue weighted by Gasteiger charge is 2.14. The van der Waals surface area contributed by atoms with Gasteiger partial charge in [0.2, 0.25) is 11.1 Å². The van der Waals surface area contributed by atoms with E-state index in [4.69, 9.17) is 23.2 Å². The molecule has 158 valence electrons. The Balaban J connectivity index is 1.49. The third kappa shape index (κ3) is 5.25. The molecule has 2 N–H and O–H groups in total. The number of H-pyrrole nitrogens is 1. The fourth-order valence-electron chi connectivity index (χ4n) is 2.83. The number of hydrogen-bond acceptors (Lipinski definition) is 6. The van der Waals surface area contributed by atoms with E-state index >= 15 is 0 Å². The van der Waals surface area contributed by atoms with Crippen LogP contribution in [0.5, 0.6) is 0 Å². The van der Waals surface area contributed by atoms with Gasteiger partial charge in [-0.2, -0.15) is 9.61 Å². The van der Waals surface area contributed by atoms with Crippen LogP contribution in [0.1, 0.15) is 16.8 Å². The Morgan fingerprint density at radius 2 is 1.84 bits per heavy atom. The van der Waals surface area contributed by atoms with Crippen molar-refractivity contribution >= 4 is 52.3 Å². The van der Waals surface area contributed by atoms with Gasteiger partial charge in [0.05, 0.1) is 5.75 Å². The first-order valence-electron chi connectivity index (χ1n) is 9.16. The Morgan fingerprint density at radius 3 is 2.55 bits per heavy atom. The van der Waals surface area contributed by atoms with Gasteiger partial charge in [0.15, 0.2) is 0 Å². The van der Waals surface area contributed by atoms with Gasteiger partial charge in [-0.3, -0.25) is 14.6 Å². The van der Waals surface area contributed by atoms with E-state index in [2.05, 4.69) is 25.6 Å². The maximum Gasteiger partial charge on any atom is 0.274 e. The Bertz CT molecular complexity index is 1300. The second-order valence-electron chi connectivity index (χ2n) is 6.78. The first-order chi connectivity index (χ1) is 14.9. The van der Waals surface area contributed by atoms with Crippen LogP contribution in [-0.2, 0) is 11.2 Å². The van der Waals surface area contributed by atoms with Crippen molar-refractivity contribution in [3.8, 4) is 0 Å². The first-order valence-corrected chi connectivity index (χ1v) is 10.9. The van der Waals surface area contributed by atoms with Gasteiger partial charge < -0.3 is 5.32 Å². The van der Waals surface area contributed by atoms with Crippen molar-refractivity contribution in [2.24, 2.45) is 0 Å². The van der Waals surface area contributed by atoms with E-state index in [1.165, 1.54) is 4.52 Å². The van der Waals surface area contributed by atoms with Crippen LogP contribution in [0, 0.1) is 6.92 Å². The highest BCUT2D eigenvalue weighted by Crippen LogP contribution is 2.23. The molecule has 11 heteroatoms. The van der Waals surface area contributed by atoms with Crippen LogP contribution in [0.3, 0.4) is 0 Å². The Labute approximate surface area is 191 Å². The van der Waals surface area contributed by atoms with Crippen LogP contribution in [0.25, 0.3) is 5.78 Å². The minimum atomic E-state index is -0.326. The summed E-state index contributed by atoms with van der Waals surface area (Å²) in [4.78, 5) is 27.3. The van der Waals surface area contributed by atoms with Gasteiger partial charge in [0.1, 0.15) is 5.69 Å². The van der Waals surface area contributed by atoms with E-state index in [0.717, 1.165) is 22.9 Å². The molecule has 0 radical (unpaired) electrons. The number of carbonyl (C=O) groups excluding carboxylic acids is 1. The predicted molar refractivity (Wildman–Crippen MR) is 121 cm³/mol. The fourth-order valence-corrected chi connectivity index (χ4v) is 4.04. The summed E-state index contributed by atoms with van der Waals surface area (Å²) in [5.41, 5.74) is 2.60. The van der Waals surface area contributed by atoms with Crippen molar-refractivity contribution in [3.05, 3.63) is 79.7 Å². The van der Waals surface area contributed by atoms with E-state index in [0.29, 0.717) is 33.0 Å². The maximum atomic E-state index is 12.3. The van der Waals surface area contributed by atoms with Crippen LogP contribution in [-0.4, -0.2) is 36.5 Å². The average molecular weight is 475 g/mol. The van der Waals surface area contributed by atoms with Gasteiger partial charge in [-0.05, 0) is 30.7 Å². The number of aromatic nitrogens is 5. The lowest BCUT2D eigenvalue weighted by Gasteiger charge is -2.06. The molecule has 0 aliphatic rings. The van der Waals surface area contributed by atoms with Crippen molar-refractivity contribution in [2.75, 3.05) is 11.1 Å². The molecule has 1 amide bonds. The number of carbonyl (C=O) groups is 1. The number of thioether (sulfide) groups is 1. The van der Waals surface area contributed by atoms with Crippen LogP contribution >= 0.6 is 35.0 Å². The molecule has 0 aliphatic carbocycles. The molecule has 0 saturated heterocycles. The van der Waals surface area contributed by atoms with Crippen LogP contribution in [0.15, 0.2) is 52.4 Å². The van der Waals surface area contributed by atoms with Crippen molar-refractivity contribution in [1.29, 1.82) is 0 Å². The van der Waals surface area contributed by atoms with E-state index in [1.54, 1.807) is 18.2 Å². The van der Waals surface area contributed by atoms with Crippen molar-refractivity contribution in [2.45, 2.75) is 18.5 Å². The van der Waals surface area contributed by atoms with E-state index in [9.17, 15) is 9.59 Å². The molecule has 0 aliphatic heterocycles. The lowest BCUT2D eigenvalue weighted by Crippen LogP contribution is -2.19. The summed E-state index contributed by atoms with van der Waals surface area (Å²) in [7, 11) is 0. The third-order valence-electron chi connectivity index (χ3n) is 4.29. The number of aryl methyl sites for hydroxylation is 1. The topological polar surface area (TPSA) is 105 Å². The summed E-state index contributed by atoms with van der Waals surface area (Å²) in [6.45, 7) is 2.00. The second-order valence-corrected chi connectivity index (χ2v) is 8.59. The number of anilines is 1. The fraction of sp³-hybridized carbons (Fsp3) is 0.150. The van der Waals surface area contributed by atoms with E-state index in [1.807, 2.05) is 31.2 Å². The number of hydrogen-bond donors (Lipinski definition) is 2. The summed E-state index contributed by atoms with van der Waals surface area (Å²) in [5.74, 6) is -0.00877. The van der Waals surface area contributed by atoms with Crippen molar-refractivity contribution in [3.63, 3.8) is 0 Å². The lowest BCUT2D eigenvalue weighted by atomic mass is 10.1. The molecule has 0 fully saturated rings. The molecule has 8 nitrogen and oxygen atoms in total. The zero-order chi connectivity index (χ0) is 22.0. The number of halogens is 2. The number of aromatic amines is 1. The molecule has 0 saturated carbocycles. The monoisotopic (exact) mass is 474 g/mol. The quantitative estimate of drug-likeness (QED) is 0.412. The van der Waals surface area contributed by atoms with Gasteiger partial charge in [-0.15, -0.1) is 10.2 Å². The van der Waals surface area contributed by atoms with E-state index in [-0.39, 0.29) is 23.0 Å². The summed E-state index contributed by atoms with van der Waals surface area (Å²) in [5, 5.41) is 16.3. The summed E-state index contributed by atoms with van der Waals surface area (Å²) >= 11 is 13.0. The summed E-state index contributed by atoms with van der Waals surface area (Å²) < 4.78 is 1.43. The maximum absolute atomic E-state index is 12.3. The summed E-state index contributed by atoms with van der Waals surface area (Å²) in [6, 6.07) is 12.7. The van der Waals surface area contributed by atoms with Gasteiger partial charge in [0.25, 0.3) is 11.3 Å². The molecule has 0 spiro atoms. The van der Waals surface area contributed by atoms with Gasteiger partial charge in [-0.1, -0.05) is 64.8 Å². The largest absolute Gasteiger partial charge is 0.325 e. The second kappa shape index (κ2) is 9.09. The predicted octanol–water partition coefficient (Wildman–Crippen LogP) is 3.75.